The third-order valence-electron chi connectivity index (χ3n) is 4.13. The van der Waals surface area contributed by atoms with Crippen molar-refractivity contribution in [2.75, 3.05) is 11.5 Å². The fourth-order valence-electron chi connectivity index (χ4n) is 2.82. The van der Waals surface area contributed by atoms with Crippen LogP contribution in [-0.4, -0.2) is 36.8 Å². The van der Waals surface area contributed by atoms with Crippen molar-refractivity contribution in [3.63, 3.8) is 0 Å². The van der Waals surface area contributed by atoms with Gasteiger partial charge in [0.05, 0.1) is 18.1 Å². The van der Waals surface area contributed by atoms with Crippen LogP contribution in [0.25, 0.3) is 6.08 Å². The van der Waals surface area contributed by atoms with Gasteiger partial charge in [-0.05, 0) is 41.6 Å². The van der Waals surface area contributed by atoms with Crippen LogP contribution in [0.4, 0.5) is 0 Å². The zero-order chi connectivity index (χ0) is 17.9. The number of carbonyl (C=O) groups excluding carboxylic acids is 1. The van der Waals surface area contributed by atoms with E-state index in [-0.39, 0.29) is 23.5 Å². The molecule has 1 aliphatic heterocycles. The van der Waals surface area contributed by atoms with E-state index >= 15 is 0 Å². The molecule has 2 heterocycles. The van der Waals surface area contributed by atoms with Crippen LogP contribution in [-0.2, 0) is 21.2 Å². The van der Waals surface area contributed by atoms with Gasteiger partial charge in [0.1, 0.15) is 0 Å². The van der Waals surface area contributed by atoms with E-state index in [1.165, 1.54) is 6.08 Å². The molecule has 1 fully saturated rings. The summed E-state index contributed by atoms with van der Waals surface area (Å²) in [4.78, 5) is 15.4. The lowest BCUT2D eigenvalue weighted by Crippen LogP contribution is -2.39. The Morgan fingerprint density at radius 1 is 1.28 bits per heavy atom. The number of hydrogen-bond donors (Lipinski definition) is 0. The van der Waals surface area contributed by atoms with Gasteiger partial charge in [0, 0.05) is 22.0 Å². The van der Waals surface area contributed by atoms with E-state index in [0.29, 0.717) is 18.0 Å². The molecule has 132 valence electrons. The van der Waals surface area contributed by atoms with Crippen molar-refractivity contribution in [2.45, 2.75) is 19.0 Å². The third kappa shape index (κ3) is 4.93. The fraction of sp³-hybridized carbons (Fsp3) is 0.278. The minimum absolute atomic E-state index is 0.0406. The van der Waals surface area contributed by atoms with E-state index in [1.54, 1.807) is 34.4 Å². The smallest absolute Gasteiger partial charge is 0.247 e. The van der Waals surface area contributed by atoms with E-state index < -0.39 is 9.84 Å². The van der Waals surface area contributed by atoms with E-state index in [9.17, 15) is 13.2 Å². The molecule has 2 aromatic rings. The van der Waals surface area contributed by atoms with Crippen LogP contribution < -0.4 is 0 Å². The van der Waals surface area contributed by atoms with Crippen LogP contribution in [0.5, 0.6) is 0 Å². The minimum atomic E-state index is -3.05. The second-order valence-corrected chi connectivity index (χ2v) is 9.68. The molecular weight excluding hydrogens is 378 g/mol. The zero-order valence-corrected chi connectivity index (χ0v) is 15.9. The van der Waals surface area contributed by atoms with Gasteiger partial charge in [-0.1, -0.05) is 29.8 Å². The quantitative estimate of drug-likeness (QED) is 0.726. The molecule has 0 radical (unpaired) electrons. The Morgan fingerprint density at radius 2 is 2.04 bits per heavy atom. The molecule has 4 nitrogen and oxygen atoms in total. The van der Waals surface area contributed by atoms with Crippen LogP contribution >= 0.6 is 22.9 Å². The first kappa shape index (κ1) is 18.2. The predicted molar refractivity (Wildman–Crippen MR) is 102 cm³/mol. The highest BCUT2D eigenvalue weighted by Gasteiger charge is 2.34. The van der Waals surface area contributed by atoms with Crippen molar-refractivity contribution < 1.29 is 13.2 Å². The van der Waals surface area contributed by atoms with Gasteiger partial charge in [-0.25, -0.2) is 8.42 Å². The highest BCUT2D eigenvalue weighted by Crippen LogP contribution is 2.22. The van der Waals surface area contributed by atoms with Gasteiger partial charge < -0.3 is 4.90 Å². The van der Waals surface area contributed by atoms with Gasteiger partial charge in [-0.15, -0.1) is 11.3 Å². The number of hydrogen-bond acceptors (Lipinski definition) is 4. The van der Waals surface area contributed by atoms with Crippen LogP contribution in [0.1, 0.15) is 16.9 Å². The Bertz CT molecular complexity index is 858. The molecule has 0 aliphatic carbocycles. The van der Waals surface area contributed by atoms with Gasteiger partial charge in [0.15, 0.2) is 9.84 Å². The molecule has 0 saturated carbocycles. The summed E-state index contributed by atoms with van der Waals surface area (Å²) in [6.45, 7) is 0.432. The Labute approximate surface area is 156 Å². The molecule has 0 N–H and O–H groups in total. The second kappa shape index (κ2) is 7.72. The molecule has 1 aromatic carbocycles. The lowest BCUT2D eigenvalue weighted by Gasteiger charge is -2.26. The number of nitrogens with zero attached hydrogens (tertiary/aromatic N) is 1. The van der Waals surface area contributed by atoms with Crippen LogP contribution in [0.15, 0.2) is 47.9 Å². The lowest BCUT2D eigenvalue weighted by atomic mass is 10.2. The molecule has 0 bridgehead atoms. The standard InChI is InChI=1S/C18H18ClNO3S2/c19-15-6-3-14(4-7-15)5-8-18(21)20(12-17-2-1-10-24-17)16-9-11-25(22,23)13-16/h1-8,10,16H,9,11-13H2/b8-5+/t16-/m1/s1. The Morgan fingerprint density at radius 3 is 2.64 bits per heavy atom. The van der Waals surface area contributed by atoms with Crippen molar-refractivity contribution in [3.05, 3.63) is 63.3 Å². The maximum atomic E-state index is 12.7. The average Bonchev–Trinajstić information content (AvgIpc) is 3.21. The SMILES string of the molecule is O=C(/C=C/c1ccc(Cl)cc1)N(Cc1cccs1)[C@@H]1CCS(=O)(=O)C1. The Hall–Kier alpha value is -1.63. The number of thiophene rings is 1. The third-order valence-corrected chi connectivity index (χ3v) is 6.99. The first-order chi connectivity index (χ1) is 11.9. The predicted octanol–water partition coefficient (Wildman–Crippen LogP) is 3.63. The number of carbonyl (C=O) groups is 1. The van der Waals surface area contributed by atoms with E-state index in [0.717, 1.165) is 10.4 Å². The molecule has 25 heavy (non-hydrogen) atoms. The summed E-state index contributed by atoms with van der Waals surface area (Å²) >= 11 is 7.42. The molecule has 7 heteroatoms. The monoisotopic (exact) mass is 395 g/mol. The fourth-order valence-corrected chi connectivity index (χ4v) is 5.38. The molecule has 1 saturated heterocycles. The molecular formula is C18H18ClNO3S2. The molecule has 1 aliphatic rings. The summed E-state index contributed by atoms with van der Waals surface area (Å²) in [5.41, 5.74) is 0.868. The molecule has 0 spiro atoms. The number of rotatable bonds is 5. The Balaban J connectivity index is 1.78. The van der Waals surface area contributed by atoms with Crippen molar-refractivity contribution in [3.8, 4) is 0 Å². The normalized spacial score (nSPS) is 19.3. The van der Waals surface area contributed by atoms with Gasteiger partial charge in [-0.2, -0.15) is 0 Å². The maximum Gasteiger partial charge on any atom is 0.247 e. The van der Waals surface area contributed by atoms with E-state index in [1.807, 2.05) is 29.6 Å². The zero-order valence-electron chi connectivity index (χ0n) is 13.5. The molecule has 1 atom stereocenters. The number of sulfone groups is 1. The average molecular weight is 396 g/mol. The largest absolute Gasteiger partial charge is 0.330 e. The second-order valence-electron chi connectivity index (χ2n) is 5.99. The number of amides is 1. The van der Waals surface area contributed by atoms with Crippen LogP contribution in [0, 0.1) is 0 Å². The van der Waals surface area contributed by atoms with Crippen LogP contribution in [0.2, 0.25) is 5.02 Å². The van der Waals surface area contributed by atoms with Crippen molar-refractivity contribution in [1.82, 2.24) is 4.90 Å². The van der Waals surface area contributed by atoms with Gasteiger partial charge >= 0.3 is 0 Å². The first-order valence-corrected chi connectivity index (χ1v) is 11.0. The van der Waals surface area contributed by atoms with Crippen molar-refractivity contribution in [1.29, 1.82) is 0 Å². The highest BCUT2D eigenvalue weighted by atomic mass is 35.5. The topological polar surface area (TPSA) is 54.5 Å². The summed E-state index contributed by atoms with van der Waals surface area (Å²) in [6.07, 6.45) is 3.72. The summed E-state index contributed by atoms with van der Waals surface area (Å²) in [6, 6.07) is 10.8. The van der Waals surface area contributed by atoms with Crippen molar-refractivity contribution in [2.24, 2.45) is 0 Å². The summed E-state index contributed by atoms with van der Waals surface area (Å²) < 4.78 is 23.6. The van der Waals surface area contributed by atoms with E-state index in [4.69, 9.17) is 11.6 Å². The number of benzene rings is 1. The van der Waals surface area contributed by atoms with Crippen molar-refractivity contribution >= 4 is 44.8 Å². The van der Waals surface area contributed by atoms with Gasteiger partial charge in [0.2, 0.25) is 5.91 Å². The molecule has 0 unspecified atom stereocenters. The summed E-state index contributed by atoms with van der Waals surface area (Å²) in [7, 11) is -3.05. The Kier molecular flexibility index (Phi) is 5.61. The van der Waals surface area contributed by atoms with Gasteiger partial charge in [0.25, 0.3) is 0 Å². The first-order valence-electron chi connectivity index (χ1n) is 7.90. The van der Waals surface area contributed by atoms with E-state index in [2.05, 4.69) is 0 Å². The molecule has 1 aromatic heterocycles. The summed E-state index contributed by atoms with van der Waals surface area (Å²) in [5.74, 6) is 0.0107. The number of halogens is 1. The minimum Gasteiger partial charge on any atom is -0.330 e. The lowest BCUT2D eigenvalue weighted by molar-refractivity contribution is -0.128. The maximum absolute atomic E-state index is 12.7. The molecule has 3 rings (SSSR count). The van der Waals surface area contributed by atoms with Crippen LogP contribution in [0.3, 0.4) is 0 Å². The van der Waals surface area contributed by atoms with Gasteiger partial charge in [-0.3, -0.25) is 4.79 Å². The molecule has 1 amide bonds. The highest BCUT2D eigenvalue weighted by molar-refractivity contribution is 7.91. The summed E-state index contributed by atoms with van der Waals surface area (Å²) in [5, 5.41) is 2.59.